The van der Waals surface area contributed by atoms with Gasteiger partial charge >= 0.3 is 0 Å². The number of ether oxygens (including phenoxy) is 2. The van der Waals surface area contributed by atoms with Gasteiger partial charge in [-0.05, 0) is 68.1 Å². The molecular weight excluding hydrogens is 534 g/mol. The maximum Gasteiger partial charge on any atom is 0.239 e. The minimum Gasteiger partial charge on any atom is -0.457 e. The van der Waals surface area contributed by atoms with Crippen LogP contribution in [0.5, 0.6) is 11.5 Å². The Labute approximate surface area is 246 Å². The number of fused-ring (bicyclic) bond motifs is 5. The zero-order valence-electron chi connectivity index (χ0n) is 24.5. The van der Waals surface area contributed by atoms with E-state index in [1.54, 1.807) is 11.9 Å². The monoisotopic (exact) mass is 573 g/mol. The smallest absolute Gasteiger partial charge is 0.239 e. The van der Waals surface area contributed by atoms with Crippen LogP contribution in [0, 0.1) is 13.8 Å². The highest BCUT2D eigenvalue weighted by atomic mass is 16.5. The van der Waals surface area contributed by atoms with Crippen LogP contribution in [0.25, 0.3) is 0 Å². The SMILES string of the molecule is Cc1cc(C)n(CCC(=O)N2CC[C@H]3OCc4cccc(c4)Oc4cccc(c4)CCC(=O)N(C)CC(=O)N[C@H]3C2)n1. The molecule has 0 spiro atoms. The van der Waals surface area contributed by atoms with Crippen LogP contribution < -0.4 is 10.1 Å². The van der Waals surface area contributed by atoms with Crippen LogP contribution in [0.15, 0.2) is 54.6 Å². The van der Waals surface area contributed by atoms with Crippen LogP contribution in [-0.2, 0) is 38.7 Å². The van der Waals surface area contributed by atoms with E-state index in [4.69, 9.17) is 9.47 Å². The molecule has 1 fully saturated rings. The molecule has 2 aliphatic heterocycles. The molecule has 3 heterocycles. The van der Waals surface area contributed by atoms with Crippen LogP contribution in [0.3, 0.4) is 0 Å². The number of piperidine rings is 1. The summed E-state index contributed by atoms with van der Waals surface area (Å²) in [6, 6.07) is 17.0. The molecule has 0 radical (unpaired) electrons. The molecule has 2 aromatic carbocycles. The number of nitrogens with zero attached hydrogens (tertiary/aromatic N) is 4. The second kappa shape index (κ2) is 13.2. The summed E-state index contributed by atoms with van der Waals surface area (Å²) >= 11 is 0. The van der Waals surface area contributed by atoms with Crippen molar-refractivity contribution in [2.45, 2.75) is 64.8 Å². The number of hydrogen-bond acceptors (Lipinski definition) is 6. The summed E-state index contributed by atoms with van der Waals surface area (Å²) in [7, 11) is 1.63. The predicted octanol–water partition coefficient (Wildman–Crippen LogP) is 3.39. The van der Waals surface area contributed by atoms with E-state index in [1.165, 1.54) is 4.90 Å². The maximum absolute atomic E-state index is 13.2. The molecule has 3 amide bonds. The average Bonchev–Trinajstić information content (AvgIpc) is 3.30. The van der Waals surface area contributed by atoms with Crippen LogP contribution in [-0.4, -0.2) is 76.1 Å². The van der Waals surface area contributed by atoms with E-state index in [9.17, 15) is 14.4 Å². The number of nitrogens with one attached hydrogen (secondary N) is 1. The van der Waals surface area contributed by atoms with Crippen molar-refractivity contribution in [1.29, 1.82) is 0 Å². The summed E-state index contributed by atoms with van der Waals surface area (Å²) in [5, 5.41) is 7.52. The third kappa shape index (κ3) is 7.55. The lowest BCUT2D eigenvalue weighted by molar-refractivity contribution is -0.139. The van der Waals surface area contributed by atoms with Gasteiger partial charge in [0.1, 0.15) is 11.5 Å². The molecule has 1 saturated heterocycles. The van der Waals surface area contributed by atoms with Gasteiger partial charge < -0.3 is 24.6 Å². The topological polar surface area (TPSA) is 106 Å². The molecule has 42 heavy (non-hydrogen) atoms. The number of amides is 3. The van der Waals surface area contributed by atoms with E-state index in [0.717, 1.165) is 22.5 Å². The molecule has 1 N–H and O–H groups in total. The molecule has 222 valence electrons. The molecule has 10 nitrogen and oxygen atoms in total. The first-order chi connectivity index (χ1) is 20.2. The first-order valence-corrected chi connectivity index (χ1v) is 14.5. The summed E-state index contributed by atoms with van der Waals surface area (Å²) in [6.45, 7) is 5.54. The molecule has 1 aromatic heterocycles. The normalized spacial score (nSPS) is 20.2. The fraction of sp³-hybridized carbons (Fsp3) is 0.438. The number of aromatic nitrogens is 2. The fourth-order valence-corrected chi connectivity index (χ4v) is 5.56. The van der Waals surface area contributed by atoms with Crippen LogP contribution in [0.2, 0.25) is 0 Å². The van der Waals surface area contributed by atoms with Gasteiger partial charge in [-0.2, -0.15) is 5.10 Å². The Hall–Kier alpha value is -4.18. The van der Waals surface area contributed by atoms with Gasteiger partial charge in [-0.15, -0.1) is 0 Å². The van der Waals surface area contributed by atoms with Crippen LogP contribution in [0.1, 0.15) is 41.8 Å². The highest BCUT2D eigenvalue weighted by Gasteiger charge is 2.33. The van der Waals surface area contributed by atoms with Crippen molar-refractivity contribution in [3.05, 3.63) is 77.1 Å². The lowest BCUT2D eigenvalue weighted by atomic mass is 10.0. The van der Waals surface area contributed by atoms with Gasteiger partial charge in [0, 0.05) is 45.2 Å². The molecule has 2 aliphatic rings. The lowest BCUT2D eigenvalue weighted by Crippen LogP contribution is -2.58. The molecule has 5 rings (SSSR count). The predicted molar refractivity (Wildman–Crippen MR) is 157 cm³/mol. The van der Waals surface area contributed by atoms with Crippen molar-refractivity contribution in [3.63, 3.8) is 0 Å². The number of likely N-dealkylation sites (tertiary alicyclic amines) is 1. The molecule has 10 heteroatoms. The Kier molecular flexibility index (Phi) is 9.22. The second-order valence-electron chi connectivity index (χ2n) is 11.2. The third-order valence-corrected chi connectivity index (χ3v) is 7.82. The molecule has 0 unspecified atom stereocenters. The van der Waals surface area contributed by atoms with Gasteiger partial charge in [0.15, 0.2) is 0 Å². The van der Waals surface area contributed by atoms with Crippen molar-refractivity contribution in [1.82, 2.24) is 24.9 Å². The number of benzene rings is 2. The van der Waals surface area contributed by atoms with Crippen molar-refractivity contribution in [2.75, 3.05) is 26.7 Å². The van der Waals surface area contributed by atoms with Crippen LogP contribution in [0.4, 0.5) is 0 Å². The molecule has 2 atom stereocenters. The van der Waals surface area contributed by atoms with Gasteiger partial charge in [-0.1, -0.05) is 24.3 Å². The van der Waals surface area contributed by atoms with E-state index in [1.807, 2.05) is 73.1 Å². The Balaban J connectivity index is 1.31. The van der Waals surface area contributed by atoms with Crippen molar-refractivity contribution < 1.29 is 23.9 Å². The van der Waals surface area contributed by atoms with Crippen molar-refractivity contribution in [2.24, 2.45) is 0 Å². The number of rotatable bonds is 3. The molecular formula is C32H39N5O5. The first-order valence-electron chi connectivity index (χ1n) is 14.5. The van der Waals surface area contributed by atoms with E-state index in [2.05, 4.69) is 10.4 Å². The van der Waals surface area contributed by atoms with Gasteiger partial charge in [-0.3, -0.25) is 19.1 Å². The largest absolute Gasteiger partial charge is 0.457 e. The Morgan fingerprint density at radius 3 is 2.50 bits per heavy atom. The highest BCUT2D eigenvalue weighted by molar-refractivity contribution is 5.85. The average molecular weight is 574 g/mol. The zero-order valence-corrected chi connectivity index (χ0v) is 24.5. The Bertz CT molecular complexity index is 1440. The number of hydrogen-bond donors (Lipinski definition) is 1. The fourth-order valence-electron chi connectivity index (χ4n) is 5.56. The Morgan fingerprint density at radius 1 is 1.02 bits per heavy atom. The van der Waals surface area contributed by atoms with Gasteiger partial charge in [-0.25, -0.2) is 0 Å². The lowest BCUT2D eigenvalue weighted by Gasteiger charge is -2.39. The standard InChI is InChI=1S/C32H39N5O5/c1-22-16-23(2)37(34-22)15-13-32(40)36-14-12-29-28(19-36)33-30(38)20-35(3)31(39)11-10-24-6-4-8-26(17-24)42-27-9-5-7-25(18-27)21-41-29/h4-9,16-18,28-29H,10-15,19-21H2,1-3H3,(H,33,38)/t28-,29+/m0/s1. The Morgan fingerprint density at radius 2 is 1.76 bits per heavy atom. The second-order valence-corrected chi connectivity index (χ2v) is 11.2. The van der Waals surface area contributed by atoms with Gasteiger partial charge in [0.25, 0.3) is 0 Å². The van der Waals surface area contributed by atoms with E-state index >= 15 is 0 Å². The maximum atomic E-state index is 13.2. The van der Waals surface area contributed by atoms with Gasteiger partial charge in [0.2, 0.25) is 17.7 Å². The quantitative estimate of drug-likeness (QED) is 0.515. The molecule has 4 bridgehead atoms. The molecule has 0 saturated carbocycles. The number of carbonyl (C=O) groups is 3. The molecule has 0 aliphatic carbocycles. The van der Waals surface area contributed by atoms with E-state index in [-0.39, 0.29) is 36.8 Å². The minimum absolute atomic E-state index is 0.00932. The number of likely N-dealkylation sites (N-methyl/N-ethyl adjacent to an activating group) is 1. The van der Waals surface area contributed by atoms with Crippen LogP contribution >= 0.6 is 0 Å². The summed E-state index contributed by atoms with van der Waals surface area (Å²) in [5.74, 6) is 0.998. The van der Waals surface area contributed by atoms with E-state index < -0.39 is 6.04 Å². The summed E-state index contributed by atoms with van der Waals surface area (Å²) in [6.07, 6.45) is 1.41. The van der Waals surface area contributed by atoms with E-state index in [0.29, 0.717) is 57.0 Å². The van der Waals surface area contributed by atoms with Crippen molar-refractivity contribution in [3.8, 4) is 11.5 Å². The third-order valence-electron chi connectivity index (χ3n) is 7.82. The minimum atomic E-state index is -0.412. The first kappa shape index (κ1) is 29.3. The zero-order chi connectivity index (χ0) is 29.6. The summed E-state index contributed by atoms with van der Waals surface area (Å²) < 4.78 is 14.3. The molecule has 3 aromatic rings. The van der Waals surface area contributed by atoms with Crippen molar-refractivity contribution >= 4 is 17.7 Å². The number of carbonyl (C=O) groups excluding carboxylic acids is 3. The summed E-state index contributed by atoms with van der Waals surface area (Å²) in [5.41, 5.74) is 3.87. The summed E-state index contributed by atoms with van der Waals surface area (Å²) in [4.78, 5) is 42.4. The van der Waals surface area contributed by atoms with Gasteiger partial charge in [0.05, 0.1) is 31.0 Å². The highest BCUT2D eigenvalue weighted by Crippen LogP contribution is 2.25. The number of aryl methyl sites for hydroxylation is 4.